The van der Waals surface area contributed by atoms with Crippen molar-refractivity contribution in [3.63, 3.8) is 0 Å². The molecule has 0 heterocycles. The van der Waals surface area contributed by atoms with Crippen LogP contribution in [0, 0.1) is 11.3 Å². The van der Waals surface area contributed by atoms with Crippen LogP contribution in [0.2, 0.25) is 0 Å². The Kier molecular flexibility index (Phi) is 8.30. The van der Waals surface area contributed by atoms with Gasteiger partial charge >= 0.3 is 0 Å². The van der Waals surface area contributed by atoms with E-state index in [9.17, 15) is 5.11 Å². The minimum Gasteiger partial charge on any atom is -0.390 e. The quantitative estimate of drug-likeness (QED) is 0.619. The van der Waals surface area contributed by atoms with Crippen LogP contribution in [0.3, 0.4) is 0 Å². The topological polar surface area (TPSA) is 59.3 Å². The summed E-state index contributed by atoms with van der Waals surface area (Å²) >= 11 is 0. The summed E-state index contributed by atoms with van der Waals surface area (Å²) in [6, 6.07) is 2.50. The summed E-state index contributed by atoms with van der Waals surface area (Å²) in [5.74, 6) is 0. The van der Waals surface area contributed by atoms with E-state index in [0.29, 0.717) is 25.6 Å². The van der Waals surface area contributed by atoms with Gasteiger partial charge in [0.2, 0.25) is 0 Å². The van der Waals surface area contributed by atoms with E-state index in [1.165, 1.54) is 0 Å². The fourth-order valence-electron chi connectivity index (χ4n) is 1.40. The molecule has 0 aromatic carbocycles. The SMILES string of the molecule is CCNCC(O)CN(CCC#N)C(C)C. The lowest BCUT2D eigenvalue weighted by atomic mass is 10.2. The normalized spacial score (nSPS) is 13.1. The van der Waals surface area contributed by atoms with Gasteiger partial charge in [-0.1, -0.05) is 6.92 Å². The molecule has 1 unspecified atom stereocenters. The second-order valence-electron chi connectivity index (χ2n) is 3.96. The van der Waals surface area contributed by atoms with Gasteiger partial charge in [0.05, 0.1) is 12.2 Å². The number of hydrogen-bond acceptors (Lipinski definition) is 4. The summed E-state index contributed by atoms with van der Waals surface area (Å²) in [5.41, 5.74) is 0. The van der Waals surface area contributed by atoms with Crippen molar-refractivity contribution in [1.82, 2.24) is 10.2 Å². The molecule has 0 aliphatic rings. The first-order valence-electron chi connectivity index (χ1n) is 5.61. The van der Waals surface area contributed by atoms with Crippen LogP contribution in [0.15, 0.2) is 0 Å². The fraction of sp³-hybridized carbons (Fsp3) is 0.909. The van der Waals surface area contributed by atoms with Crippen LogP contribution in [0.1, 0.15) is 27.2 Å². The molecule has 0 amide bonds. The van der Waals surface area contributed by atoms with Gasteiger partial charge < -0.3 is 10.4 Å². The number of aliphatic hydroxyl groups is 1. The largest absolute Gasteiger partial charge is 0.390 e. The third-order valence-electron chi connectivity index (χ3n) is 2.32. The Balaban J connectivity index is 3.88. The maximum atomic E-state index is 9.71. The van der Waals surface area contributed by atoms with Crippen LogP contribution in [-0.4, -0.2) is 48.3 Å². The van der Waals surface area contributed by atoms with Gasteiger partial charge in [0.15, 0.2) is 0 Å². The third-order valence-corrected chi connectivity index (χ3v) is 2.32. The van der Waals surface area contributed by atoms with Gasteiger partial charge in [0, 0.05) is 32.1 Å². The maximum absolute atomic E-state index is 9.71. The van der Waals surface area contributed by atoms with Crippen LogP contribution in [0.4, 0.5) is 0 Å². The average molecular weight is 213 g/mol. The molecule has 0 bridgehead atoms. The highest BCUT2D eigenvalue weighted by molar-refractivity contribution is 4.76. The van der Waals surface area contributed by atoms with Crippen molar-refractivity contribution in [1.29, 1.82) is 5.26 Å². The number of aliphatic hydroxyl groups excluding tert-OH is 1. The minimum atomic E-state index is -0.356. The lowest BCUT2D eigenvalue weighted by molar-refractivity contribution is 0.0963. The van der Waals surface area contributed by atoms with Gasteiger partial charge in [0.1, 0.15) is 0 Å². The Bertz CT molecular complexity index is 189. The van der Waals surface area contributed by atoms with Crippen LogP contribution < -0.4 is 5.32 Å². The van der Waals surface area contributed by atoms with E-state index in [4.69, 9.17) is 5.26 Å². The molecule has 0 aliphatic heterocycles. The molecular formula is C11H23N3O. The molecular weight excluding hydrogens is 190 g/mol. The molecule has 0 aromatic rings. The first-order chi connectivity index (χ1) is 7.11. The molecule has 4 nitrogen and oxygen atoms in total. The number of likely N-dealkylation sites (N-methyl/N-ethyl adjacent to an activating group) is 1. The molecule has 0 spiro atoms. The number of nitrogens with zero attached hydrogens (tertiary/aromatic N) is 2. The van der Waals surface area contributed by atoms with Crippen molar-refractivity contribution in [2.45, 2.75) is 39.3 Å². The predicted octanol–water partition coefficient (Wildman–Crippen LogP) is 0.581. The molecule has 0 aromatic heterocycles. The molecule has 2 N–H and O–H groups in total. The van der Waals surface area contributed by atoms with E-state index < -0.39 is 0 Å². The second-order valence-corrected chi connectivity index (χ2v) is 3.96. The van der Waals surface area contributed by atoms with Gasteiger partial charge in [-0.05, 0) is 20.4 Å². The molecule has 1 atom stereocenters. The number of nitriles is 1. The van der Waals surface area contributed by atoms with Crippen molar-refractivity contribution < 1.29 is 5.11 Å². The molecule has 0 radical (unpaired) electrons. The zero-order chi connectivity index (χ0) is 11.7. The average Bonchev–Trinajstić information content (AvgIpc) is 2.20. The lowest BCUT2D eigenvalue weighted by Gasteiger charge is -2.27. The molecule has 0 aliphatic carbocycles. The molecule has 0 fully saturated rings. The summed E-state index contributed by atoms with van der Waals surface area (Å²) < 4.78 is 0. The Morgan fingerprint density at radius 1 is 1.47 bits per heavy atom. The van der Waals surface area contributed by atoms with Gasteiger partial charge in [-0.2, -0.15) is 5.26 Å². The molecule has 15 heavy (non-hydrogen) atoms. The summed E-state index contributed by atoms with van der Waals surface area (Å²) in [6.07, 6.45) is 0.164. The number of nitrogens with one attached hydrogen (secondary N) is 1. The lowest BCUT2D eigenvalue weighted by Crippen LogP contribution is -2.42. The highest BCUT2D eigenvalue weighted by Crippen LogP contribution is 2.01. The number of hydrogen-bond donors (Lipinski definition) is 2. The Morgan fingerprint density at radius 3 is 2.60 bits per heavy atom. The van der Waals surface area contributed by atoms with Crippen LogP contribution in [0.25, 0.3) is 0 Å². The summed E-state index contributed by atoms with van der Waals surface area (Å²) in [4.78, 5) is 2.13. The molecule has 0 saturated heterocycles. The van der Waals surface area contributed by atoms with Crippen molar-refractivity contribution in [3.8, 4) is 6.07 Å². The minimum absolute atomic E-state index is 0.356. The van der Waals surface area contributed by atoms with Gasteiger partial charge in [0.25, 0.3) is 0 Å². The van der Waals surface area contributed by atoms with Crippen molar-refractivity contribution >= 4 is 0 Å². The third kappa shape index (κ3) is 7.32. The maximum Gasteiger partial charge on any atom is 0.0791 e. The first-order valence-corrected chi connectivity index (χ1v) is 5.61. The van der Waals surface area contributed by atoms with E-state index in [0.717, 1.165) is 13.1 Å². The van der Waals surface area contributed by atoms with E-state index >= 15 is 0 Å². The Morgan fingerprint density at radius 2 is 2.13 bits per heavy atom. The Labute approximate surface area is 92.9 Å². The van der Waals surface area contributed by atoms with Crippen LogP contribution in [-0.2, 0) is 0 Å². The van der Waals surface area contributed by atoms with Crippen molar-refractivity contribution in [3.05, 3.63) is 0 Å². The molecule has 88 valence electrons. The summed E-state index contributed by atoms with van der Waals surface area (Å²) in [5, 5.41) is 21.3. The fourth-order valence-corrected chi connectivity index (χ4v) is 1.40. The van der Waals surface area contributed by atoms with Gasteiger partial charge in [-0.25, -0.2) is 0 Å². The molecule has 4 heteroatoms. The summed E-state index contributed by atoms with van der Waals surface area (Å²) in [7, 11) is 0. The first kappa shape index (κ1) is 14.4. The second kappa shape index (κ2) is 8.66. The number of rotatable bonds is 8. The summed E-state index contributed by atoms with van der Waals surface area (Å²) in [6.45, 7) is 9.03. The zero-order valence-corrected chi connectivity index (χ0v) is 10.0. The zero-order valence-electron chi connectivity index (χ0n) is 10.0. The van der Waals surface area contributed by atoms with Crippen LogP contribution >= 0.6 is 0 Å². The smallest absolute Gasteiger partial charge is 0.0791 e. The van der Waals surface area contributed by atoms with E-state index in [1.54, 1.807) is 0 Å². The molecule has 0 rings (SSSR count). The van der Waals surface area contributed by atoms with Crippen molar-refractivity contribution in [2.24, 2.45) is 0 Å². The van der Waals surface area contributed by atoms with Gasteiger partial charge in [-0.15, -0.1) is 0 Å². The highest BCUT2D eigenvalue weighted by Gasteiger charge is 2.13. The van der Waals surface area contributed by atoms with Crippen LogP contribution in [0.5, 0.6) is 0 Å². The molecule has 0 saturated carbocycles. The predicted molar refractivity (Wildman–Crippen MR) is 61.5 cm³/mol. The highest BCUT2D eigenvalue weighted by atomic mass is 16.3. The monoisotopic (exact) mass is 213 g/mol. The standard InChI is InChI=1S/C11H23N3O/c1-4-13-8-11(15)9-14(10(2)3)7-5-6-12/h10-11,13,15H,4-5,7-9H2,1-3H3. The van der Waals surface area contributed by atoms with E-state index in [2.05, 4.69) is 30.1 Å². The van der Waals surface area contributed by atoms with Gasteiger partial charge in [-0.3, -0.25) is 4.90 Å². The Hall–Kier alpha value is -0.630. The van der Waals surface area contributed by atoms with Crippen molar-refractivity contribution in [2.75, 3.05) is 26.2 Å². The van der Waals surface area contributed by atoms with E-state index in [1.807, 2.05) is 6.92 Å². The van der Waals surface area contributed by atoms with E-state index in [-0.39, 0.29) is 6.10 Å².